The minimum Gasteiger partial charge on any atom is -0.489 e. The molecule has 0 fully saturated rings. The number of nitrogens with zero attached hydrogens (tertiary/aromatic N) is 1. The van der Waals surface area contributed by atoms with Crippen molar-refractivity contribution in [2.24, 2.45) is 0 Å². The number of benzene rings is 1. The number of nitrogens with one attached hydrogen (secondary N) is 1. The highest BCUT2D eigenvalue weighted by atomic mass is 35.5. The van der Waals surface area contributed by atoms with Gasteiger partial charge in [0.05, 0.1) is 10.0 Å². The third kappa shape index (κ3) is 3.74. The molecule has 0 aliphatic carbocycles. The number of halogens is 2. The monoisotopic (exact) mass is 262 g/mol. The number of rotatable bonds is 5. The number of hydrogen-bond donors (Lipinski definition) is 1. The topological polar surface area (TPSA) is 24.5 Å². The fourth-order valence-corrected chi connectivity index (χ4v) is 1.77. The SMILES string of the molecule is CNc1cc(Cl)c(OCCN(C)C)c(Cl)c1. The van der Waals surface area contributed by atoms with E-state index in [0.717, 1.165) is 12.2 Å². The Labute approximate surface area is 106 Å². The van der Waals surface area contributed by atoms with Gasteiger partial charge in [0.15, 0.2) is 5.75 Å². The Morgan fingerprint density at radius 2 is 1.81 bits per heavy atom. The largest absolute Gasteiger partial charge is 0.489 e. The summed E-state index contributed by atoms with van der Waals surface area (Å²) in [5.41, 5.74) is 0.870. The maximum absolute atomic E-state index is 6.07. The van der Waals surface area contributed by atoms with Crippen LogP contribution in [0.15, 0.2) is 12.1 Å². The highest BCUT2D eigenvalue weighted by molar-refractivity contribution is 6.37. The Balaban J connectivity index is 2.72. The molecule has 1 N–H and O–H groups in total. The summed E-state index contributed by atoms with van der Waals surface area (Å²) in [6, 6.07) is 3.58. The lowest BCUT2D eigenvalue weighted by molar-refractivity contribution is 0.261. The minimum atomic E-state index is 0.524. The number of ether oxygens (including phenoxy) is 1. The van der Waals surface area contributed by atoms with Crippen LogP contribution in [0.5, 0.6) is 5.75 Å². The molecule has 3 nitrogen and oxygen atoms in total. The number of likely N-dealkylation sites (N-methyl/N-ethyl adjacent to an activating group) is 1. The van der Waals surface area contributed by atoms with Crippen molar-refractivity contribution in [2.45, 2.75) is 0 Å². The molecule has 0 aromatic heterocycles. The molecule has 90 valence electrons. The summed E-state index contributed by atoms with van der Waals surface area (Å²) >= 11 is 12.1. The van der Waals surface area contributed by atoms with Crippen molar-refractivity contribution in [1.82, 2.24) is 4.90 Å². The normalized spacial score (nSPS) is 10.6. The van der Waals surface area contributed by atoms with Crippen molar-refractivity contribution in [3.8, 4) is 5.75 Å². The van der Waals surface area contributed by atoms with E-state index >= 15 is 0 Å². The van der Waals surface area contributed by atoms with Crippen molar-refractivity contribution in [1.29, 1.82) is 0 Å². The fraction of sp³-hybridized carbons (Fsp3) is 0.455. The first-order valence-corrected chi connectivity index (χ1v) is 5.74. The Kier molecular flexibility index (Phi) is 5.19. The lowest BCUT2D eigenvalue weighted by Crippen LogP contribution is -2.19. The maximum Gasteiger partial charge on any atom is 0.156 e. The Morgan fingerprint density at radius 3 is 2.25 bits per heavy atom. The second-order valence-electron chi connectivity index (χ2n) is 3.67. The number of hydrogen-bond acceptors (Lipinski definition) is 3. The summed E-state index contributed by atoms with van der Waals surface area (Å²) in [5, 5.41) is 4.02. The molecule has 0 saturated heterocycles. The smallest absolute Gasteiger partial charge is 0.156 e. The summed E-state index contributed by atoms with van der Waals surface area (Å²) in [6.07, 6.45) is 0. The Bertz CT molecular complexity index is 333. The van der Waals surface area contributed by atoms with E-state index in [-0.39, 0.29) is 0 Å². The van der Waals surface area contributed by atoms with Gasteiger partial charge in [-0.3, -0.25) is 0 Å². The molecule has 0 amide bonds. The van der Waals surface area contributed by atoms with Gasteiger partial charge in [-0.25, -0.2) is 0 Å². The summed E-state index contributed by atoms with van der Waals surface area (Å²) < 4.78 is 5.54. The highest BCUT2D eigenvalue weighted by Gasteiger charge is 2.09. The average molecular weight is 263 g/mol. The van der Waals surface area contributed by atoms with Gasteiger partial charge in [-0.05, 0) is 26.2 Å². The van der Waals surface area contributed by atoms with E-state index in [1.54, 1.807) is 12.1 Å². The van der Waals surface area contributed by atoms with Gasteiger partial charge < -0.3 is 15.0 Å². The lowest BCUT2D eigenvalue weighted by Gasteiger charge is -2.14. The molecule has 5 heteroatoms. The second kappa shape index (κ2) is 6.18. The molecule has 1 rings (SSSR count). The van der Waals surface area contributed by atoms with Crippen LogP contribution >= 0.6 is 23.2 Å². The van der Waals surface area contributed by atoms with Gasteiger partial charge in [0.25, 0.3) is 0 Å². The van der Waals surface area contributed by atoms with Crippen LogP contribution in [-0.4, -0.2) is 39.2 Å². The van der Waals surface area contributed by atoms with Gasteiger partial charge in [0.1, 0.15) is 6.61 Å². The van der Waals surface area contributed by atoms with Crippen molar-refractivity contribution >= 4 is 28.9 Å². The predicted molar refractivity (Wildman–Crippen MR) is 70.1 cm³/mol. The van der Waals surface area contributed by atoms with Gasteiger partial charge in [-0.1, -0.05) is 23.2 Å². The van der Waals surface area contributed by atoms with Crippen LogP contribution in [0.3, 0.4) is 0 Å². The van der Waals surface area contributed by atoms with E-state index in [1.165, 1.54) is 0 Å². The zero-order chi connectivity index (χ0) is 12.1. The van der Waals surface area contributed by atoms with Crippen molar-refractivity contribution in [3.63, 3.8) is 0 Å². The van der Waals surface area contributed by atoms with Crippen LogP contribution in [0.1, 0.15) is 0 Å². The molecule has 1 aromatic carbocycles. The van der Waals surface area contributed by atoms with Gasteiger partial charge in [-0.15, -0.1) is 0 Å². The van der Waals surface area contributed by atoms with Crippen LogP contribution in [0.2, 0.25) is 10.0 Å². The van der Waals surface area contributed by atoms with E-state index in [0.29, 0.717) is 22.4 Å². The quantitative estimate of drug-likeness (QED) is 0.883. The third-order valence-corrected chi connectivity index (χ3v) is 2.63. The van der Waals surface area contributed by atoms with E-state index < -0.39 is 0 Å². The highest BCUT2D eigenvalue weighted by Crippen LogP contribution is 2.35. The molecule has 0 radical (unpaired) electrons. The summed E-state index contributed by atoms with van der Waals surface area (Å²) in [7, 11) is 5.78. The Hall–Kier alpha value is -0.640. The van der Waals surface area contributed by atoms with Crippen molar-refractivity contribution in [2.75, 3.05) is 39.6 Å². The van der Waals surface area contributed by atoms with Crippen molar-refractivity contribution in [3.05, 3.63) is 22.2 Å². The average Bonchev–Trinajstić information content (AvgIpc) is 2.21. The van der Waals surface area contributed by atoms with Crippen LogP contribution in [0.4, 0.5) is 5.69 Å². The Morgan fingerprint density at radius 1 is 1.25 bits per heavy atom. The van der Waals surface area contributed by atoms with Crippen LogP contribution in [0, 0.1) is 0 Å². The maximum atomic E-state index is 6.07. The molecule has 0 saturated carbocycles. The zero-order valence-corrected chi connectivity index (χ0v) is 11.2. The van der Waals surface area contributed by atoms with Gasteiger partial charge in [-0.2, -0.15) is 0 Å². The minimum absolute atomic E-state index is 0.524. The van der Waals surface area contributed by atoms with Crippen molar-refractivity contribution < 1.29 is 4.74 Å². The zero-order valence-electron chi connectivity index (χ0n) is 9.68. The van der Waals surface area contributed by atoms with Gasteiger partial charge in [0.2, 0.25) is 0 Å². The van der Waals surface area contributed by atoms with E-state index in [4.69, 9.17) is 27.9 Å². The lowest BCUT2D eigenvalue weighted by atomic mass is 10.3. The molecule has 0 atom stereocenters. The second-order valence-corrected chi connectivity index (χ2v) is 4.49. The molecule has 0 unspecified atom stereocenters. The molecule has 16 heavy (non-hydrogen) atoms. The molecule has 0 aliphatic heterocycles. The molecule has 0 aliphatic rings. The van der Waals surface area contributed by atoms with Crippen LogP contribution < -0.4 is 10.1 Å². The summed E-state index contributed by atoms with van der Waals surface area (Å²) in [4.78, 5) is 2.03. The summed E-state index contributed by atoms with van der Waals surface area (Å²) in [5.74, 6) is 0.546. The first kappa shape index (κ1) is 13.4. The third-order valence-electron chi connectivity index (χ3n) is 2.07. The molecule has 0 bridgehead atoms. The van der Waals surface area contributed by atoms with Gasteiger partial charge >= 0.3 is 0 Å². The summed E-state index contributed by atoms with van der Waals surface area (Å²) in [6.45, 7) is 1.38. The molecule has 0 heterocycles. The first-order chi connectivity index (χ1) is 7.54. The van der Waals surface area contributed by atoms with E-state index in [9.17, 15) is 0 Å². The molecular weight excluding hydrogens is 247 g/mol. The van der Waals surface area contributed by atoms with Crippen LogP contribution in [0.25, 0.3) is 0 Å². The van der Waals surface area contributed by atoms with Crippen LogP contribution in [-0.2, 0) is 0 Å². The standard InChI is InChI=1S/C11H16Cl2N2O/c1-14-8-6-9(12)11(10(13)7-8)16-5-4-15(2)3/h6-7,14H,4-5H2,1-3H3. The molecule has 0 spiro atoms. The van der Waals surface area contributed by atoms with E-state index in [1.807, 2.05) is 26.0 Å². The van der Waals surface area contributed by atoms with Gasteiger partial charge in [0, 0.05) is 19.3 Å². The molecular formula is C11H16Cl2N2O. The first-order valence-electron chi connectivity index (χ1n) is 4.99. The van der Waals surface area contributed by atoms with E-state index in [2.05, 4.69) is 5.32 Å². The predicted octanol–water partition coefficient (Wildman–Crippen LogP) is 2.98. The fourth-order valence-electron chi connectivity index (χ4n) is 1.17. The molecule has 1 aromatic rings. The number of anilines is 1.